The minimum atomic E-state index is 0.102. The molecule has 0 fully saturated rings. The molecule has 0 aliphatic heterocycles. The summed E-state index contributed by atoms with van der Waals surface area (Å²) in [6, 6.07) is 7.77. The Morgan fingerprint density at radius 2 is 2.11 bits per heavy atom. The first-order chi connectivity index (χ1) is 8.56. The lowest BCUT2D eigenvalue weighted by Crippen LogP contribution is -2.24. The van der Waals surface area contributed by atoms with Crippen molar-refractivity contribution in [2.24, 2.45) is 0 Å². The Morgan fingerprint density at radius 3 is 2.61 bits per heavy atom. The molecule has 0 aromatic carbocycles. The lowest BCUT2D eigenvalue weighted by molar-refractivity contribution is -0.115. The van der Waals surface area contributed by atoms with Crippen molar-refractivity contribution in [3.8, 4) is 10.6 Å². The van der Waals surface area contributed by atoms with E-state index < -0.39 is 0 Å². The maximum absolute atomic E-state index is 11.0. The number of thiophene rings is 1. The average Bonchev–Trinajstić information content (AvgIpc) is 2.75. The summed E-state index contributed by atoms with van der Waals surface area (Å²) in [6.45, 7) is 1.90. The van der Waals surface area contributed by atoms with Crippen molar-refractivity contribution in [1.82, 2.24) is 10.2 Å². The van der Waals surface area contributed by atoms with Gasteiger partial charge in [-0.15, -0.1) is 21.5 Å². The number of ketones is 1. The number of hydrogen-bond donors (Lipinski definition) is 0. The average molecular weight is 326 g/mol. The van der Waals surface area contributed by atoms with Gasteiger partial charge in [-0.3, -0.25) is 4.79 Å². The Balaban J connectivity index is 2.17. The Bertz CT molecular complexity index is 553. The van der Waals surface area contributed by atoms with Crippen LogP contribution in [0.15, 0.2) is 28.1 Å². The van der Waals surface area contributed by atoms with Crippen molar-refractivity contribution in [3.63, 3.8) is 0 Å². The summed E-state index contributed by atoms with van der Waals surface area (Å²) in [5.74, 6) is 0.801. The highest BCUT2D eigenvalue weighted by atomic mass is 79.9. The monoisotopic (exact) mass is 325 g/mol. The largest absolute Gasteiger partial charge is 0.351 e. The summed E-state index contributed by atoms with van der Waals surface area (Å²) in [7, 11) is 1.83. The highest BCUT2D eigenvalue weighted by Crippen LogP contribution is 2.29. The highest BCUT2D eigenvalue weighted by Gasteiger charge is 2.08. The molecule has 18 heavy (non-hydrogen) atoms. The molecule has 0 bridgehead atoms. The van der Waals surface area contributed by atoms with E-state index >= 15 is 0 Å². The van der Waals surface area contributed by atoms with Gasteiger partial charge in [-0.05, 0) is 47.1 Å². The van der Waals surface area contributed by atoms with Crippen LogP contribution in [0.25, 0.3) is 10.6 Å². The van der Waals surface area contributed by atoms with Crippen LogP contribution in [0.1, 0.15) is 6.92 Å². The van der Waals surface area contributed by atoms with E-state index in [4.69, 9.17) is 0 Å². The van der Waals surface area contributed by atoms with Crippen molar-refractivity contribution in [3.05, 3.63) is 28.1 Å². The van der Waals surface area contributed by atoms with Gasteiger partial charge >= 0.3 is 0 Å². The molecule has 0 aliphatic rings. The van der Waals surface area contributed by atoms with Crippen LogP contribution in [0, 0.1) is 0 Å². The standard InChI is InChI=1S/C12H12BrN3OS/c1-8(17)7-16(2)12-6-3-9(14-15-12)10-4-5-11(13)18-10/h3-6H,7H2,1-2H3. The normalized spacial score (nSPS) is 10.4. The molecule has 0 aliphatic carbocycles. The van der Waals surface area contributed by atoms with Crippen LogP contribution in [-0.4, -0.2) is 29.6 Å². The molecule has 0 N–H and O–H groups in total. The Morgan fingerprint density at radius 1 is 1.33 bits per heavy atom. The van der Waals surface area contributed by atoms with E-state index in [9.17, 15) is 4.79 Å². The number of anilines is 1. The number of likely N-dealkylation sites (N-methyl/N-ethyl adjacent to an activating group) is 1. The zero-order valence-electron chi connectivity index (χ0n) is 10.1. The molecule has 4 nitrogen and oxygen atoms in total. The molecule has 2 heterocycles. The predicted octanol–water partition coefficient (Wildman–Crippen LogP) is 2.99. The molecule has 0 saturated heterocycles. The fourth-order valence-corrected chi connectivity index (χ4v) is 2.88. The number of halogens is 1. The lowest BCUT2D eigenvalue weighted by atomic mass is 10.3. The summed E-state index contributed by atoms with van der Waals surface area (Å²) < 4.78 is 1.07. The minimum absolute atomic E-state index is 0.102. The third kappa shape index (κ3) is 3.14. The maximum Gasteiger partial charge on any atom is 0.151 e. The van der Waals surface area contributed by atoms with E-state index in [1.165, 1.54) is 0 Å². The van der Waals surface area contributed by atoms with Crippen molar-refractivity contribution < 1.29 is 4.79 Å². The smallest absolute Gasteiger partial charge is 0.151 e. The zero-order chi connectivity index (χ0) is 13.1. The Hall–Kier alpha value is -1.27. The van der Waals surface area contributed by atoms with Gasteiger partial charge in [-0.25, -0.2) is 0 Å². The second-order valence-electron chi connectivity index (χ2n) is 3.94. The van der Waals surface area contributed by atoms with Gasteiger partial charge in [0, 0.05) is 7.05 Å². The fraction of sp³-hybridized carbons (Fsp3) is 0.250. The second kappa shape index (κ2) is 5.58. The summed E-state index contributed by atoms with van der Waals surface area (Å²) in [5, 5.41) is 8.31. The zero-order valence-corrected chi connectivity index (χ0v) is 12.5. The predicted molar refractivity (Wildman–Crippen MR) is 77.0 cm³/mol. The number of carbonyl (C=O) groups is 1. The molecule has 2 aromatic rings. The molecule has 94 valence electrons. The van der Waals surface area contributed by atoms with Crippen LogP contribution < -0.4 is 4.90 Å². The van der Waals surface area contributed by atoms with E-state index in [1.54, 1.807) is 23.2 Å². The van der Waals surface area contributed by atoms with Gasteiger partial charge in [0.15, 0.2) is 5.82 Å². The van der Waals surface area contributed by atoms with Gasteiger partial charge in [0.25, 0.3) is 0 Å². The second-order valence-corrected chi connectivity index (χ2v) is 6.40. The third-order valence-electron chi connectivity index (χ3n) is 2.33. The fourth-order valence-electron chi connectivity index (χ4n) is 1.53. The summed E-state index contributed by atoms with van der Waals surface area (Å²) in [6.07, 6.45) is 0. The molecule has 0 radical (unpaired) electrons. The number of carbonyl (C=O) groups excluding carboxylic acids is 1. The summed E-state index contributed by atoms with van der Waals surface area (Å²) in [4.78, 5) is 13.9. The SMILES string of the molecule is CC(=O)CN(C)c1ccc(-c2ccc(Br)s2)nn1. The number of hydrogen-bond acceptors (Lipinski definition) is 5. The number of Topliss-reactive ketones (excluding diaryl/α,β-unsaturated/α-hetero) is 1. The van der Waals surface area contributed by atoms with Crippen LogP contribution in [0.5, 0.6) is 0 Å². The van der Waals surface area contributed by atoms with E-state index in [2.05, 4.69) is 26.1 Å². The molecule has 0 atom stereocenters. The summed E-state index contributed by atoms with van der Waals surface area (Å²) in [5.41, 5.74) is 0.839. The van der Waals surface area contributed by atoms with E-state index in [0.29, 0.717) is 12.4 Å². The molecule has 0 unspecified atom stereocenters. The highest BCUT2D eigenvalue weighted by molar-refractivity contribution is 9.11. The van der Waals surface area contributed by atoms with E-state index in [0.717, 1.165) is 14.4 Å². The van der Waals surface area contributed by atoms with Gasteiger partial charge in [0.05, 0.1) is 15.2 Å². The molecule has 0 amide bonds. The Kier molecular flexibility index (Phi) is 4.08. The number of aromatic nitrogens is 2. The van der Waals surface area contributed by atoms with Gasteiger partial charge in [-0.1, -0.05) is 0 Å². The minimum Gasteiger partial charge on any atom is -0.351 e. The molecule has 2 aromatic heterocycles. The van der Waals surface area contributed by atoms with Crippen molar-refractivity contribution in [2.75, 3.05) is 18.5 Å². The molecule has 6 heteroatoms. The van der Waals surface area contributed by atoms with Crippen molar-refractivity contribution >= 4 is 38.9 Å². The van der Waals surface area contributed by atoms with Gasteiger partial charge < -0.3 is 4.90 Å². The number of rotatable bonds is 4. The van der Waals surface area contributed by atoms with Crippen LogP contribution in [0.4, 0.5) is 5.82 Å². The third-order valence-corrected chi connectivity index (χ3v) is 3.97. The van der Waals surface area contributed by atoms with Crippen LogP contribution in [0.3, 0.4) is 0 Å². The van der Waals surface area contributed by atoms with Crippen molar-refractivity contribution in [2.45, 2.75) is 6.92 Å². The topological polar surface area (TPSA) is 46.1 Å². The molecular formula is C12H12BrN3OS. The number of nitrogens with zero attached hydrogens (tertiary/aromatic N) is 3. The van der Waals surface area contributed by atoms with Crippen LogP contribution in [0.2, 0.25) is 0 Å². The Labute approximate surface area is 118 Å². The maximum atomic E-state index is 11.0. The van der Waals surface area contributed by atoms with Gasteiger partial charge in [-0.2, -0.15) is 0 Å². The van der Waals surface area contributed by atoms with Gasteiger partial charge in [0.2, 0.25) is 0 Å². The first kappa shape index (κ1) is 13.2. The molecule has 0 saturated carbocycles. The van der Waals surface area contributed by atoms with Crippen molar-refractivity contribution in [1.29, 1.82) is 0 Å². The molecular weight excluding hydrogens is 314 g/mol. The first-order valence-electron chi connectivity index (χ1n) is 5.36. The molecule has 2 rings (SSSR count). The lowest BCUT2D eigenvalue weighted by Gasteiger charge is -2.15. The van der Waals surface area contributed by atoms with E-state index in [-0.39, 0.29) is 5.78 Å². The molecule has 0 spiro atoms. The summed E-state index contributed by atoms with van der Waals surface area (Å²) >= 11 is 5.03. The quantitative estimate of drug-likeness (QED) is 0.866. The van der Waals surface area contributed by atoms with Crippen LogP contribution in [-0.2, 0) is 4.79 Å². The first-order valence-corrected chi connectivity index (χ1v) is 6.97. The van der Waals surface area contributed by atoms with E-state index in [1.807, 2.05) is 31.3 Å². The van der Waals surface area contributed by atoms with Crippen LogP contribution >= 0.6 is 27.3 Å². The van der Waals surface area contributed by atoms with Gasteiger partial charge in [0.1, 0.15) is 11.5 Å².